The van der Waals surface area contributed by atoms with Crippen LogP contribution >= 0.6 is 0 Å². The van der Waals surface area contributed by atoms with Crippen molar-refractivity contribution in [3.05, 3.63) is 54.1 Å². The first kappa shape index (κ1) is 21.6. The fraction of sp³-hybridized carbons (Fsp3) is 0.538. The Kier molecular flexibility index (Phi) is 6.53. The van der Waals surface area contributed by atoms with E-state index in [-0.39, 0.29) is 12.2 Å². The molecule has 0 saturated heterocycles. The van der Waals surface area contributed by atoms with E-state index in [1.807, 2.05) is 23.0 Å². The molecule has 6 heteroatoms. The molecule has 32 heavy (non-hydrogen) atoms. The Hall–Kier alpha value is -2.28. The third-order valence-electron chi connectivity index (χ3n) is 7.26. The molecule has 3 aromatic heterocycles. The summed E-state index contributed by atoms with van der Waals surface area (Å²) in [4.78, 5) is 4.61. The van der Waals surface area contributed by atoms with Crippen molar-refractivity contribution >= 4 is 5.52 Å². The molecule has 2 atom stereocenters. The molecule has 0 unspecified atom stereocenters. The molecular weight excluding hydrogens is 402 g/mol. The molecule has 170 valence electrons. The van der Waals surface area contributed by atoms with Crippen molar-refractivity contribution in [2.75, 3.05) is 13.7 Å². The third-order valence-corrected chi connectivity index (χ3v) is 7.26. The Morgan fingerprint density at radius 2 is 1.91 bits per heavy atom. The summed E-state index contributed by atoms with van der Waals surface area (Å²) in [7, 11) is 1.80. The van der Waals surface area contributed by atoms with Crippen LogP contribution in [0, 0.1) is 5.92 Å². The Bertz CT molecular complexity index is 1020. The van der Waals surface area contributed by atoms with Gasteiger partial charge >= 0.3 is 0 Å². The van der Waals surface area contributed by atoms with Gasteiger partial charge in [-0.1, -0.05) is 6.07 Å². The predicted octanol–water partition coefficient (Wildman–Crippen LogP) is 4.75. The fourth-order valence-electron chi connectivity index (χ4n) is 5.34. The van der Waals surface area contributed by atoms with Crippen molar-refractivity contribution in [2.24, 2.45) is 5.92 Å². The minimum absolute atomic E-state index is 0.0521. The van der Waals surface area contributed by atoms with Gasteiger partial charge in [-0.05, 0) is 80.5 Å². The van der Waals surface area contributed by atoms with E-state index in [9.17, 15) is 5.11 Å². The minimum atomic E-state index is -0.333. The van der Waals surface area contributed by atoms with E-state index >= 15 is 0 Å². The zero-order valence-electron chi connectivity index (χ0n) is 18.8. The lowest BCUT2D eigenvalue weighted by Gasteiger charge is -2.27. The molecule has 3 aromatic rings. The second-order valence-electron chi connectivity index (χ2n) is 9.40. The lowest BCUT2D eigenvalue weighted by Crippen LogP contribution is -2.22. The lowest BCUT2D eigenvalue weighted by atomic mass is 9.79. The minimum Gasteiger partial charge on any atom is -0.390 e. The molecule has 0 aromatic carbocycles. The van der Waals surface area contributed by atoms with Gasteiger partial charge in [-0.3, -0.25) is 4.98 Å². The molecule has 6 nitrogen and oxygen atoms in total. The molecule has 2 fully saturated rings. The number of aliphatic hydroxyl groups is 1. The standard InChI is InChI=1S/C26H33N3O3/c1-31-16-18-5-7-19(8-6-18)23-15-28-29-12-11-20(13-24(23)29)21-9-10-22(27-14-21)17-32-26-4-2-3-25(26)30/h9-15,18-19,25-26,30H,2-8,16-17H2,1H3/t18?,19?,25-,26-/m0/s1. The van der Waals surface area contributed by atoms with Gasteiger partial charge < -0.3 is 14.6 Å². The average Bonchev–Trinajstić information content (AvgIpc) is 3.44. The summed E-state index contributed by atoms with van der Waals surface area (Å²) in [5.74, 6) is 1.26. The van der Waals surface area contributed by atoms with Gasteiger partial charge in [0.05, 0.1) is 36.2 Å². The van der Waals surface area contributed by atoms with Crippen LogP contribution in [0.15, 0.2) is 42.9 Å². The van der Waals surface area contributed by atoms with Crippen LogP contribution < -0.4 is 0 Å². The van der Waals surface area contributed by atoms with Crippen molar-refractivity contribution in [3.63, 3.8) is 0 Å². The first-order valence-electron chi connectivity index (χ1n) is 11.9. The first-order valence-corrected chi connectivity index (χ1v) is 11.9. The Balaban J connectivity index is 1.29. The Labute approximate surface area is 189 Å². The summed E-state index contributed by atoms with van der Waals surface area (Å²) < 4.78 is 13.2. The number of hydrogen-bond acceptors (Lipinski definition) is 5. The van der Waals surface area contributed by atoms with Crippen molar-refractivity contribution in [3.8, 4) is 11.1 Å². The van der Waals surface area contributed by atoms with Crippen LogP contribution in [0.4, 0.5) is 0 Å². The summed E-state index contributed by atoms with van der Waals surface area (Å²) in [6.45, 7) is 1.32. The van der Waals surface area contributed by atoms with Crippen LogP contribution in [0.25, 0.3) is 16.6 Å². The van der Waals surface area contributed by atoms with Crippen LogP contribution in [-0.4, -0.2) is 45.6 Å². The molecule has 2 saturated carbocycles. The van der Waals surface area contributed by atoms with E-state index < -0.39 is 0 Å². The maximum absolute atomic E-state index is 9.92. The molecule has 2 aliphatic carbocycles. The SMILES string of the molecule is COCC1CCC(c2cnn3ccc(-c4ccc(CO[C@H]5CCC[C@@H]5O)nc4)cc23)CC1. The van der Waals surface area contributed by atoms with Gasteiger partial charge in [-0.2, -0.15) is 5.10 Å². The number of fused-ring (bicyclic) bond motifs is 1. The zero-order valence-corrected chi connectivity index (χ0v) is 18.8. The predicted molar refractivity (Wildman–Crippen MR) is 123 cm³/mol. The topological polar surface area (TPSA) is 68.9 Å². The molecule has 5 rings (SSSR count). The van der Waals surface area contributed by atoms with Crippen molar-refractivity contribution < 1.29 is 14.6 Å². The second-order valence-corrected chi connectivity index (χ2v) is 9.40. The zero-order chi connectivity index (χ0) is 21.9. The normalized spacial score (nSPS) is 26.1. The maximum Gasteiger partial charge on any atom is 0.0892 e. The second kappa shape index (κ2) is 9.69. The molecule has 0 spiro atoms. The molecular formula is C26H33N3O3. The summed E-state index contributed by atoms with van der Waals surface area (Å²) in [5, 5.41) is 14.5. The number of hydrogen-bond donors (Lipinski definition) is 1. The van der Waals surface area contributed by atoms with Crippen molar-refractivity contribution in [2.45, 2.75) is 69.7 Å². The molecule has 0 bridgehead atoms. The summed E-state index contributed by atoms with van der Waals surface area (Å²) >= 11 is 0. The van der Waals surface area contributed by atoms with Gasteiger partial charge in [0.1, 0.15) is 0 Å². The highest BCUT2D eigenvalue weighted by Gasteiger charge is 2.26. The van der Waals surface area contributed by atoms with Gasteiger partial charge in [-0.15, -0.1) is 0 Å². The largest absolute Gasteiger partial charge is 0.390 e. The number of rotatable bonds is 7. The quantitative estimate of drug-likeness (QED) is 0.580. The number of methoxy groups -OCH3 is 1. The van der Waals surface area contributed by atoms with Gasteiger partial charge in [0, 0.05) is 37.2 Å². The number of pyridine rings is 2. The van der Waals surface area contributed by atoms with Crippen molar-refractivity contribution in [1.29, 1.82) is 0 Å². The Morgan fingerprint density at radius 3 is 2.62 bits per heavy atom. The van der Waals surface area contributed by atoms with E-state index in [1.165, 1.54) is 36.8 Å². The fourth-order valence-corrected chi connectivity index (χ4v) is 5.34. The highest BCUT2D eigenvalue weighted by atomic mass is 16.5. The van der Waals surface area contributed by atoms with Crippen LogP contribution in [-0.2, 0) is 16.1 Å². The molecule has 2 aliphatic rings. The molecule has 0 radical (unpaired) electrons. The monoisotopic (exact) mass is 435 g/mol. The first-order chi connectivity index (χ1) is 15.7. The van der Waals surface area contributed by atoms with Crippen LogP contribution in [0.5, 0.6) is 0 Å². The molecule has 0 aliphatic heterocycles. The number of nitrogens with zero attached hydrogens (tertiary/aromatic N) is 3. The third kappa shape index (κ3) is 4.58. The van der Waals surface area contributed by atoms with E-state index in [0.29, 0.717) is 18.4 Å². The van der Waals surface area contributed by atoms with E-state index in [1.54, 1.807) is 7.11 Å². The van der Waals surface area contributed by atoms with E-state index in [0.717, 1.165) is 42.7 Å². The van der Waals surface area contributed by atoms with E-state index in [4.69, 9.17) is 9.47 Å². The van der Waals surface area contributed by atoms with Gasteiger partial charge in [0.15, 0.2) is 0 Å². The van der Waals surface area contributed by atoms with Gasteiger partial charge in [0.2, 0.25) is 0 Å². The van der Waals surface area contributed by atoms with Gasteiger partial charge in [-0.25, -0.2) is 4.52 Å². The summed E-state index contributed by atoms with van der Waals surface area (Å²) in [5.41, 5.74) is 5.69. The number of ether oxygens (including phenoxy) is 2. The number of aliphatic hydroxyl groups excluding tert-OH is 1. The summed E-state index contributed by atoms with van der Waals surface area (Å²) in [6, 6.07) is 8.47. The van der Waals surface area contributed by atoms with Crippen LogP contribution in [0.1, 0.15) is 62.1 Å². The summed E-state index contributed by atoms with van der Waals surface area (Å²) in [6.07, 6.45) is 13.3. The van der Waals surface area contributed by atoms with Gasteiger partial charge in [0.25, 0.3) is 0 Å². The lowest BCUT2D eigenvalue weighted by molar-refractivity contribution is -0.0283. The van der Waals surface area contributed by atoms with Crippen molar-refractivity contribution in [1.82, 2.24) is 14.6 Å². The van der Waals surface area contributed by atoms with Crippen LogP contribution in [0.3, 0.4) is 0 Å². The highest BCUT2D eigenvalue weighted by Crippen LogP contribution is 2.38. The number of aromatic nitrogens is 3. The maximum atomic E-state index is 9.92. The highest BCUT2D eigenvalue weighted by molar-refractivity contribution is 5.70. The smallest absolute Gasteiger partial charge is 0.0892 e. The van der Waals surface area contributed by atoms with Crippen LogP contribution in [0.2, 0.25) is 0 Å². The molecule has 1 N–H and O–H groups in total. The Morgan fingerprint density at radius 1 is 1.03 bits per heavy atom. The van der Waals surface area contributed by atoms with E-state index in [2.05, 4.69) is 34.5 Å². The molecule has 3 heterocycles. The average molecular weight is 436 g/mol. The molecule has 0 amide bonds.